The molecule has 0 spiro atoms. The first-order chi connectivity index (χ1) is 14.8. The van der Waals surface area contributed by atoms with Gasteiger partial charge in [0.2, 0.25) is 5.91 Å². The van der Waals surface area contributed by atoms with Crippen LogP contribution in [0.2, 0.25) is 18.1 Å². The summed E-state index contributed by atoms with van der Waals surface area (Å²) in [6.45, 7) is 12.4. The lowest BCUT2D eigenvalue weighted by Crippen LogP contribution is -2.66. The van der Waals surface area contributed by atoms with Crippen LogP contribution in [0.1, 0.15) is 27.7 Å². The third kappa shape index (κ3) is 4.71. The molecule has 1 saturated heterocycles. The van der Waals surface area contributed by atoms with Gasteiger partial charge < -0.3 is 24.7 Å². The summed E-state index contributed by atoms with van der Waals surface area (Å²) in [7, 11) is -2.39. The van der Waals surface area contributed by atoms with Crippen molar-refractivity contribution in [2.75, 3.05) is 18.5 Å². The highest BCUT2D eigenvalue weighted by molar-refractivity contribution is 6.74. The fraction of sp³-hybridized carbons (Fsp3) is 0.652. The van der Waals surface area contributed by atoms with E-state index in [0.29, 0.717) is 0 Å². The number of cyclic esters (lactones) is 1. The van der Waals surface area contributed by atoms with E-state index in [1.54, 1.807) is 6.92 Å². The van der Waals surface area contributed by atoms with Gasteiger partial charge in [-0.3, -0.25) is 4.79 Å². The van der Waals surface area contributed by atoms with Crippen LogP contribution in [0.3, 0.4) is 0 Å². The highest BCUT2D eigenvalue weighted by Crippen LogP contribution is 2.42. The number of nitrogens with zero attached hydrogens (tertiary/aromatic N) is 1. The fourth-order valence-electron chi connectivity index (χ4n) is 4.20. The second-order valence-electron chi connectivity index (χ2n) is 10.3. The van der Waals surface area contributed by atoms with Crippen LogP contribution in [0, 0.1) is 11.8 Å². The molecule has 3 N–H and O–H groups in total. The van der Waals surface area contributed by atoms with Gasteiger partial charge in [-0.2, -0.15) is 0 Å². The number of hydrogen-bond donors (Lipinski definition) is 3. The number of carbonyl (C=O) groups excluding carboxylic acids is 2. The highest BCUT2D eigenvalue weighted by Gasteiger charge is 2.55. The molecule has 1 aliphatic carbocycles. The smallest absolute Gasteiger partial charge is 0.416 e. The van der Waals surface area contributed by atoms with Crippen LogP contribution in [0.5, 0.6) is 0 Å². The molecule has 1 saturated carbocycles. The minimum Gasteiger partial charge on any atom is -0.447 e. The third-order valence-corrected chi connectivity index (χ3v) is 11.7. The van der Waals surface area contributed by atoms with Gasteiger partial charge >= 0.3 is 6.09 Å². The molecule has 0 unspecified atom stereocenters. The maximum absolute atomic E-state index is 13.4. The molecule has 8 nitrogen and oxygen atoms in total. The Morgan fingerprint density at radius 1 is 1.19 bits per heavy atom. The van der Waals surface area contributed by atoms with Crippen LogP contribution in [0.4, 0.5) is 10.5 Å². The largest absolute Gasteiger partial charge is 0.447 e. The monoisotopic (exact) mass is 464 g/mol. The minimum absolute atomic E-state index is 0.139. The molecule has 1 aliphatic heterocycles. The molecular formula is C23H36N2O6Si. The Kier molecular flexibility index (Phi) is 7.04. The van der Waals surface area contributed by atoms with Gasteiger partial charge in [-0.1, -0.05) is 45.9 Å². The lowest BCUT2D eigenvalue weighted by molar-refractivity contribution is -0.159. The van der Waals surface area contributed by atoms with Crippen molar-refractivity contribution in [2.24, 2.45) is 11.8 Å². The van der Waals surface area contributed by atoms with Crippen LogP contribution >= 0.6 is 0 Å². The number of imide groups is 1. The average Bonchev–Trinajstić information content (AvgIpc) is 3.14. The van der Waals surface area contributed by atoms with Gasteiger partial charge in [0.15, 0.2) is 8.32 Å². The van der Waals surface area contributed by atoms with E-state index in [9.17, 15) is 19.8 Å². The van der Waals surface area contributed by atoms with Gasteiger partial charge in [0.25, 0.3) is 0 Å². The quantitative estimate of drug-likeness (QED) is 0.575. The van der Waals surface area contributed by atoms with E-state index >= 15 is 0 Å². The van der Waals surface area contributed by atoms with Crippen LogP contribution in [0.15, 0.2) is 30.3 Å². The molecule has 9 heteroatoms. The lowest BCUT2D eigenvalue weighted by Gasteiger charge is -2.50. The number of rotatable bonds is 5. The maximum Gasteiger partial charge on any atom is 0.416 e. The number of para-hydroxylation sites is 1. The van der Waals surface area contributed by atoms with Crippen molar-refractivity contribution >= 4 is 26.0 Å². The highest BCUT2D eigenvalue weighted by atomic mass is 28.4. The molecule has 2 fully saturated rings. The molecule has 0 bridgehead atoms. The zero-order chi connectivity index (χ0) is 23.8. The second-order valence-corrected chi connectivity index (χ2v) is 15.1. The van der Waals surface area contributed by atoms with E-state index < -0.39 is 56.5 Å². The normalized spacial score (nSPS) is 31.4. The van der Waals surface area contributed by atoms with Crippen molar-refractivity contribution in [3.05, 3.63) is 30.3 Å². The van der Waals surface area contributed by atoms with E-state index in [1.165, 1.54) is 0 Å². The van der Waals surface area contributed by atoms with E-state index in [1.807, 2.05) is 43.4 Å². The Balaban J connectivity index is 1.96. The standard InChI is InChI=1S/C23H36N2O6Si/c1-14-16(21(28)25-12-13-30-22(25)29)18(26)20(31-32(5,6)23(2,3)4)19(27)17(14)24-15-10-8-7-9-11-15/h7-11,14,16-20,24,26-27H,12-13H2,1-6H3/t14-,16-,17-,18+,19-,20+/m1/s1. The first kappa shape index (κ1) is 24.7. The van der Waals surface area contributed by atoms with Crippen molar-refractivity contribution < 1.29 is 29.0 Å². The lowest BCUT2D eigenvalue weighted by atomic mass is 9.71. The zero-order valence-corrected chi connectivity index (χ0v) is 20.7. The van der Waals surface area contributed by atoms with Crippen LogP contribution in [-0.4, -0.2) is 72.9 Å². The van der Waals surface area contributed by atoms with Crippen LogP contribution in [0.25, 0.3) is 0 Å². The number of benzene rings is 1. The minimum atomic E-state index is -2.39. The summed E-state index contributed by atoms with van der Waals surface area (Å²) in [4.78, 5) is 26.5. The van der Waals surface area contributed by atoms with Gasteiger partial charge in [-0.25, -0.2) is 9.69 Å². The summed E-state index contributed by atoms with van der Waals surface area (Å²) in [6.07, 6.45) is -3.98. The van der Waals surface area contributed by atoms with Crippen molar-refractivity contribution in [1.82, 2.24) is 4.90 Å². The van der Waals surface area contributed by atoms with Crippen LogP contribution in [-0.2, 0) is 14.0 Å². The summed E-state index contributed by atoms with van der Waals surface area (Å²) < 4.78 is 11.4. The summed E-state index contributed by atoms with van der Waals surface area (Å²) in [5.41, 5.74) is 0.789. The molecule has 1 aromatic carbocycles. The second kappa shape index (κ2) is 9.13. The number of ether oxygens (including phenoxy) is 1. The Labute approximate surface area is 191 Å². The number of carbonyl (C=O) groups is 2. The summed E-state index contributed by atoms with van der Waals surface area (Å²) >= 11 is 0. The third-order valence-electron chi connectivity index (χ3n) is 7.20. The molecule has 178 valence electrons. The van der Waals surface area contributed by atoms with E-state index in [0.717, 1.165) is 10.6 Å². The molecule has 32 heavy (non-hydrogen) atoms. The first-order valence-electron chi connectivity index (χ1n) is 11.2. The number of anilines is 1. The predicted octanol–water partition coefficient (Wildman–Crippen LogP) is 2.82. The van der Waals surface area contributed by atoms with E-state index in [4.69, 9.17) is 9.16 Å². The first-order valence-corrected chi connectivity index (χ1v) is 14.1. The number of amides is 2. The Bertz CT molecular complexity index is 828. The fourth-order valence-corrected chi connectivity index (χ4v) is 5.51. The molecule has 0 radical (unpaired) electrons. The van der Waals surface area contributed by atoms with Crippen molar-refractivity contribution in [1.29, 1.82) is 0 Å². The molecule has 6 atom stereocenters. The van der Waals surface area contributed by atoms with E-state index in [2.05, 4.69) is 26.1 Å². The number of nitrogens with one attached hydrogen (secondary N) is 1. The topological polar surface area (TPSA) is 108 Å². The molecule has 1 heterocycles. The van der Waals surface area contributed by atoms with Crippen molar-refractivity contribution in [2.45, 2.75) is 70.2 Å². The molecule has 3 rings (SSSR count). The maximum atomic E-state index is 13.4. The van der Waals surface area contributed by atoms with Gasteiger partial charge in [0, 0.05) is 5.69 Å². The number of hydrogen-bond acceptors (Lipinski definition) is 7. The van der Waals surface area contributed by atoms with Gasteiger partial charge in [-0.05, 0) is 36.2 Å². The summed E-state index contributed by atoms with van der Waals surface area (Å²) in [6, 6.07) is 8.84. The Morgan fingerprint density at radius 3 is 2.34 bits per heavy atom. The SMILES string of the molecule is C[C@H]1[C@@H](Nc2ccccc2)[C@@H](O)[C@@H](O[Si](C)(C)C(C)(C)C)[C@@H](O)[C@@H]1C(=O)N1CCOC1=O. The van der Waals surface area contributed by atoms with Gasteiger partial charge in [0.05, 0.1) is 30.7 Å². The molecular weight excluding hydrogens is 428 g/mol. The van der Waals surface area contributed by atoms with Crippen molar-refractivity contribution in [3.63, 3.8) is 0 Å². The van der Waals surface area contributed by atoms with Gasteiger partial charge in [-0.15, -0.1) is 0 Å². The molecule has 0 aromatic heterocycles. The zero-order valence-electron chi connectivity index (χ0n) is 19.7. The number of aliphatic hydroxyl groups excluding tert-OH is 2. The molecule has 2 aliphatic rings. The average molecular weight is 465 g/mol. The Morgan fingerprint density at radius 2 is 1.81 bits per heavy atom. The summed E-state index contributed by atoms with van der Waals surface area (Å²) in [5.74, 6) is -1.90. The molecule has 2 amide bonds. The van der Waals surface area contributed by atoms with Gasteiger partial charge in [0.1, 0.15) is 12.7 Å². The van der Waals surface area contributed by atoms with E-state index in [-0.39, 0.29) is 18.2 Å². The molecule has 1 aromatic rings. The Hall–Kier alpha value is -1.94. The van der Waals surface area contributed by atoms with Crippen LogP contribution < -0.4 is 5.32 Å². The number of aliphatic hydroxyl groups is 2. The summed E-state index contributed by atoms with van der Waals surface area (Å²) in [5, 5.41) is 25.8. The van der Waals surface area contributed by atoms with Crippen molar-refractivity contribution in [3.8, 4) is 0 Å². The predicted molar refractivity (Wildman–Crippen MR) is 124 cm³/mol.